The molecular formula is C25H40O2. The van der Waals surface area contributed by atoms with Gasteiger partial charge in [0, 0.05) is 0 Å². The van der Waals surface area contributed by atoms with E-state index in [1.807, 2.05) is 30.3 Å². The van der Waals surface area contributed by atoms with Crippen LogP contribution in [0.2, 0.25) is 0 Å². The Morgan fingerprint density at radius 1 is 0.815 bits per heavy atom. The molecule has 0 aliphatic rings. The quantitative estimate of drug-likeness (QED) is 0.167. The highest BCUT2D eigenvalue weighted by atomic mass is 16.5. The SMILES string of the molecule is CCCCCCCCC=CCCCCC(CCC)OC(=O)c1ccccc1. The van der Waals surface area contributed by atoms with E-state index in [-0.39, 0.29) is 12.1 Å². The van der Waals surface area contributed by atoms with Crippen molar-refractivity contribution in [3.63, 3.8) is 0 Å². The Balaban J connectivity index is 2.11. The van der Waals surface area contributed by atoms with Gasteiger partial charge in [0.1, 0.15) is 6.10 Å². The van der Waals surface area contributed by atoms with Crippen LogP contribution in [0.25, 0.3) is 0 Å². The zero-order valence-electron chi connectivity index (χ0n) is 17.6. The fourth-order valence-electron chi connectivity index (χ4n) is 3.29. The van der Waals surface area contributed by atoms with E-state index in [0.717, 1.165) is 32.1 Å². The Labute approximate surface area is 167 Å². The highest BCUT2D eigenvalue weighted by Crippen LogP contribution is 2.15. The lowest BCUT2D eigenvalue weighted by Gasteiger charge is -2.17. The Bertz CT molecular complexity index is 492. The molecule has 2 nitrogen and oxygen atoms in total. The average molecular weight is 373 g/mol. The van der Waals surface area contributed by atoms with Crippen LogP contribution in [0.1, 0.15) is 108 Å². The molecule has 0 saturated carbocycles. The summed E-state index contributed by atoms with van der Waals surface area (Å²) in [6, 6.07) is 9.31. The molecule has 0 aliphatic heterocycles. The zero-order valence-corrected chi connectivity index (χ0v) is 17.6. The summed E-state index contributed by atoms with van der Waals surface area (Å²) in [6.07, 6.45) is 20.5. The van der Waals surface area contributed by atoms with Crippen molar-refractivity contribution in [2.75, 3.05) is 0 Å². The van der Waals surface area contributed by atoms with E-state index in [2.05, 4.69) is 26.0 Å². The molecule has 0 N–H and O–H groups in total. The van der Waals surface area contributed by atoms with Crippen LogP contribution < -0.4 is 0 Å². The van der Waals surface area contributed by atoms with Gasteiger partial charge in [0.2, 0.25) is 0 Å². The summed E-state index contributed by atoms with van der Waals surface area (Å²) < 4.78 is 5.72. The van der Waals surface area contributed by atoms with Gasteiger partial charge in [-0.25, -0.2) is 4.79 Å². The van der Waals surface area contributed by atoms with Crippen LogP contribution in [0.15, 0.2) is 42.5 Å². The van der Waals surface area contributed by atoms with Crippen LogP contribution >= 0.6 is 0 Å². The number of esters is 1. The molecule has 27 heavy (non-hydrogen) atoms. The molecule has 0 spiro atoms. The summed E-state index contributed by atoms with van der Waals surface area (Å²) in [6.45, 7) is 4.41. The van der Waals surface area contributed by atoms with Gasteiger partial charge in [-0.05, 0) is 57.1 Å². The van der Waals surface area contributed by atoms with Gasteiger partial charge in [-0.3, -0.25) is 0 Å². The maximum absolute atomic E-state index is 12.2. The number of carbonyl (C=O) groups is 1. The summed E-state index contributed by atoms with van der Waals surface area (Å²) in [5.74, 6) is -0.187. The number of hydrogen-bond donors (Lipinski definition) is 0. The standard InChI is InChI=1S/C25H40O2/c1-3-5-6-7-8-9-10-11-12-13-14-18-22-24(19-4-2)27-25(26)23-20-16-15-17-21-23/h11-12,15-17,20-21,24H,3-10,13-14,18-19,22H2,1-2H3. The van der Waals surface area contributed by atoms with Gasteiger partial charge in [0.05, 0.1) is 5.56 Å². The van der Waals surface area contributed by atoms with Gasteiger partial charge in [-0.15, -0.1) is 0 Å². The Kier molecular flexibility index (Phi) is 14.4. The molecule has 0 amide bonds. The minimum atomic E-state index is -0.187. The monoisotopic (exact) mass is 372 g/mol. The van der Waals surface area contributed by atoms with Crippen molar-refractivity contribution in [3.05, 3.63) is 48.0 Å². The van der Waals surface area contributed by atoms with Gasteiger partial charge in [0.25, 0.3) is 0 Å². The van der Waals surface area contributed by atoms with Crippen LogP contribution in [0.4, 0.5) is 0 Å². The molecule has 0 radical (unpaired) electrons. The Morgan fingerprint density at radius 3 is 2.11 bits per heavy atom. The second-order valence-electron chi connectivity index (χ2n) is 7.49. The van der Waals surface area contributed by atoms with Crippen LogP contribution in [0.3, 0.4) is 0 Å². The van der Waals surface area contributed by atoms with Gasteiger partial charge in [-0.2, -0.15) is 0 Å². The second kappa shape index (κ2) is 16.6. The van der Waals surface area contributed by atoms with Gasteiger partial charge in [0.15, 0.2) is 0 Å². The fraction of sp³-hybridized carbons (Fsp3) is 0.640. The third-order valence-electron chi connectivity index (χ3n) is 4.93. The number of carbonyl (C=O) groups excluding carboxylic acids is 1. The molecule has 152 valence electrons. The molecule has 2 heteroatoms. The van der Waals surface area contributed by atoms with Gasteiger partial charge in [-0.1, -0.05) is 82.7 Å². The second-order valence-corrected chi connectivity index (χ2v) is 7.49. The third kappa shape index (κ3) is 12.4. The third-order valence-corrected chi connectivity index (χ3v) is 4.93. The van der Waals surface area contributed by atoms with Crippen molar-refractivity contribution < 1.29 is 9.53 Å². The molecule has 1 unspecified atom stereocenters. The minimum Gasteiger partial charge on any atom is -0.459 e. The molecule has 1 aromatic rings. The number of rotatable bonds is 16. The van der Waals surface area contributed by atoms with Crippen LogP contribution in [-0.2, 0) is 4.74 Å². The van der Waals surface area contributed by atoms with Crippen LogP contribution in [-0.4, -0.2) is 12.1 Å². The summed E-state index contributed by atoms with van der Waals surface area (Å²) in [5.41, 5.74) is 0.649. The molecule has 0 heterocycles. The zero-order chi connectivity index (χ0) is 19.6. The maximum atomic E-state index is 12.2. The molecule has 0 saturated heterocycles. The summed E-state index contributed by atoms with van der Waals surface area (Å²) in [4.78, 5) is 12.2. The van der Waals surface area contributed by atoms with E-state index in [9.17, 15) is 4.79 Å². The predicted octanol–water partition coefficient (Wildman–Crippen LogP) is 7.88. The molecule has 0 aliphatic carbocycles. The van der Waals surface area contributed by atoms with E-state index in [0.29, 0.717) is 5.56 Å². The summed E-state index contributed by atoms with van der Waals surface area (Å²) in [7, 11) is 0. The van der Waals surface area contributed by atoms with Crippen LogP contribution in [0, 0.1) is 0 Å². The molecule has 0 fully saturated rings. The topological polar surface area (TPSA) is 26.3 Å². The molecule has 1 aromatic carbocycles. The van der Waals surface area contributed by atoms with Crippen molar-refractivity contribution >= 4 is 5.97 Å². The Morgan fingerprint density at radius 2 is 1.44 bits per heavy atom. The van der Waals surface area contributed by atoms with Gasteiger partial charge >= 0.3 is 5.97 Å². The lowest BCUT2D eigenvalue weighted by Crippen LogP contribution is -2.18. The number of unbranched alkanes of at least 4 members (excludes halogenated alkanes) is 8. The molecule has 0 bridgehead atoms. The van der Waals surface area contributed by atoms with Crippen molar-refractivity contribution in [3.8, 4) is 0 Å². The first-order valence-corrected chi connectivity index (χ1v) is 11.2. The minimum absolute atomic E-state index is 0.0507. The first-order valence-electron chi connectivity index (χ1n) is 11.2. The number of allylic oxidation sites excluding steroid dienone is 2. The highest BCUT2D eigenvalue weighted by molar-refractivity contribution is 5.89. The highest BCUT2D eigenvalue weighted by Gasteiger charge is 2.14. The van der Waals surface area contributed by atoms with E-state index in [4.69, 9.17) is 4.74 Å². The first kappa shape index (κ1) is 23.5. The number of benzene rings is 1. The first-order chi connectivity index (χ1) is 13.3. The van der Waals surface area contributed by atoms with E-state index in [1.165, 1.54) is 51.4 Å². The van der Waals surface area contributed by atoms with Crippen LogP contribution in [0.5, 0.6) is 0 Å². The normalized spacial score (nSPS) is 12.4. The average Bonchev–Trinajstić information content (AvgIpc) is 2.69. The Hall–Kier alpha value is -1.57. The van der Waals surface area contributed by atoms with Crippen molar-refractivity contribution in [1.29, 1.82) is 0 Å². The lowest BCUT2D eigenvalue weighted by atomic mass is 10.1. The van der Waals surface area contributed by atoms with E-state index in [1.54, 1.807) is 0 Å². The smallest absolute Gasteiger partial charge is 0.338 e. The molecule has 1 rings (SSSR count). The number of hydrogen-bond acceptors (Lipinski definition) is 2. The molecule has 0 aromatic heterocycles. The van der Waals surface area contributed by atoms with Crippen molar-refractivity contribution in [1.82, 2.24) is 0 Å². The van der Waals surface area contributed by atoms with E-state index < -0.39 is 0 Å². The van der Waals surface area contributed by atoms with E-state index >= 15 is 0 Å². The van der Waals surface area contributed by atoms with Crippen molar-refractivity contribution in [2.24, 2.45) is 0 Å². The summed E-state index contributed by atoms with van der Waals surface area (Å²) >= 11 is 0. The molecular weight excluding hydrogens is 332 g/mol. The summed E-state index contributed by atoms with van der Waals surface area (Å²) in [5, 5.41) is 0. The molecule has 1 atom stereocenters. The largest absolute Gasteiger partial charge is 0.459 e. The number of ether oxygens (including phenoxy) is 1. The fourth-order valence-corrected chi connectivity index (χ4v) is 3.29. The predicted molar refractivity (Wildman–Crippen MR) is 116 cm³/mol. The lowest BCUT2D eigenvalue weighted by molar-refractivity contribution is 0.0254. The van der Waals surface area contributed by atoms with Crippen molar-refractivity contribution in [2.45, 2.75) is 103 Å². The maximum Gasteiger partial charge on any atom is 0.338 e. The van der Waals surface area contributed by atoms with Gasteiger partial charge < -0.3 is 4.74 Å².